The van der Waals surface area contributed by atoms with E-state index in [0.717, 1.165) is 0 Å². The molecule has 1 aromatic rings. The molecule has 1 heterocycles. The van der Waals surface area contributed by atoms with Gasteiger partial charge in [0.25, 0.3) is 5.91 Å². The van der Waals surface area contributed by atoms with Crippen LogP contribution in [0.3, 0.4) is 0 Å². The lowest BCUT2D eigenvalue weighted by Gasteiger charge is -2.18. The molecule has 0 unspecified atom stereocenters. The van der Waals surface area contributed by atoms with Gasteiger partial charge in [-0.25, -0.2) is 0 Å². The molecule has 0 saturated heterocycles. The van der Waals surface area contributed by atoms with Crippen LogP contribution in [-0.4, -0.2) is 12.5 Å². The summed E-state index contributed by atoms with van der Waals surface area (Å²) in [4.78, 5) is 11.6. The van der Waals surface area contributed by atoms with Crippen molar-refractivity contribution in [2.75, 3.05) is 6.54 Å². The molecule has 0 aromatic carbocycles. The molecular weight excluding hydrogens is 246 g/mol. The summed E-state index contributed by atoms with van der Waals surface area (Å²) in [5.74, 6) is -0.111. The maximum absolute atomic E-state index is 11.6. The van der Waals surface area contributed by atoms with Gasteiger partial charge in [0.15, 0.2) is 4.67 Å². The molecule has 14 heavy (non-hydrogen) atoms. The van der Waals surface area contributed by atoms with Crippen LogP contribution >= 0.6 is 15.9 Å². The number of hydrogen-bond acceptors (Lipinski definition) is 2. The topological polar surface area (TPSA) is 42.2 Å². The van der Waals surface area contributed by atoms with Crippen molar-refractivity contribution in [3.63, 3.8) is 0 Å². The summed E-state index contributed by atoms with van der Waals surface area (Å²) < 4.78 is 5.45. The van der Waals surface area contributed by atoms with Crippen molar-refractivity contribution in [2.45, 2.75) is 20.8 Å². The Bertz CT molecular complexity index is 325. The predicted octanol–water partition coefficient (Wildman–Crippen LogP) is 2.82. The van der Waals surface area contributed by atoms with Crippen molar-refractivity contribution in [2.24, 2.45) is 5.41 Å². The molecular formula is C10H14BrNO2. The van der Waals surface area contributed by atoms with Crippen LogP contribution in [0.1, 0.15) is 31.1 Å². The summed E-state index contributed by atoms with van der Waals surface area (Å²) in [6.45, 7) is 6.84. The van der Waals surface area contributed by atoms with Gasteiger partial charge in [-0.05, 0) is 27.4 Å². The molecule has 3 nitrogen and oxygen atoms in total. The van der Waals surface area contributed by atoms with Crippen LogP contribution in [-0.2, 0) is 0 Å². The molecule has 1 N–H and O–H groups in total. The minimum Gasteiger partial charge on any atom is -0.457 e. The van der Waals surface area contributed by atoms with Gasteiger partial charge >= 0.3 is 0 Å². The van der Waals surface area contributed by atoms with Crippen LogP contribution in [0, 0.1) is 5.41 Å². The molecule has 0 aliphatic heterocycles. The number of rotatable bonds is 2. The molecule has 0 radical (unpaired) electrons. The first-order valence-corrected chi connectivity index (χ1v) is 5.21. The van der Waals surface area contributed by atoms with Gasteiger partial charge in [-0.1, -0.05) is 20.8 Å². The molecule has 0 atom stereocenters. The first kappa shape index (κ1) is 11.3. The molecule has 0 bridgehead atoms. The maximum Gasteiger partial charge on any atom is 0.255 e. The number of carbonyl (C=O) groups is 1. The fraction of sp³-hybridized carbons (Fsp3) is 0.500. The van der Waals surface area contributed by atoms with Crippen LogP contribution < -0.4 is 5.32 Å². The molecule has 0 saturated carbocycles. The summed E-state index contributed by atoms with van der Waals surface area (Å²) in [6.07, 6.45) is 1.48. The minimum atomic E-state index is -0.111. The normalized spacial score (nSPS) is 11.4. The van der Waals surface area contributed by atoms with Gasteiger partial charge in [0.1, 0.15) is 0 Å². The molecule has 1 aromatic heterocycles. The Morgan fingerprint density at radius 1 is 1.57 bits per heavy atom. The van der Waals surface area contributed by atoms with Gasteiger partial charge in [0.2, 0.25) is 0 Å². The summed E-state index contributed by atoms with van der Waals surface area (Å²) in [7, 11) is 0. The molecule has 78 valence electrons. The van der Waals surface area contributed by atoms with E-state index in [1.807, 2.05) is 0 Å². The van der Waals surface area contributed by atoms with E-state index in [-0.39, 0.29) is 11.3 Å². The highest BCUT2D eigenvalue weighted by Crippen LogP contribution is 2.18. The van der Waals surface area contributed by atoms with Gasteiger partial charge in [-0.2, -0.15) is 0 Å². The Hall–Kier alpha value is -0.770. The highest BCUT2D eigenvalue weighted by Gasteiger charge is 2.15. The van der Waals surface area contributed by atoms with E-state index in [2.05, 4.69) is 42.0 Å². The SMILES string of the molecule is CC(C)(C)CNC(=O)c1ccoc1Br. The zero-order valence-corrected chi connectivity index (χ0v) is 10.1. The van der Waals surface area contributed by atoms with Gasteiger partial charge in [0, 0.05) is 6.54 Å². The molecule has 0 fully saturated rings. The third-order valence-corrected chi connectivity index (χ3v) is 2.26. The Balaban J connectivity index is 2.56. The summed E-state index contributed by atoms with van der Waals surface area (Å²) >= 11 is 3.16. The second-order valence-corrected chi connectivity index (χ2v) is 5.07. The lowest BCUT2D eigenvalue weighted by Crippen LogP contribution is -2.32. The fourth-order valence-corrected chi connectivity index (χ4v) is 1.32. The average Bonchev–Trinajstić information content (AvgIpc) is 2.46. The third-order valence-electron chi connectivity index (χ3n) is 1.64. The van der Waals surface area contributed by atoms with Crippen molar-refractivity contribution < 1.29 is 9.21 Å². The van der Waals surface area contributed by atoms with Crippen molar-refractivity contribution in [1.29, 1.82) is 0 Å². The summed E-state index contributed by atoms with van der Waals surface area (Å²) in [6, 6.07) is 1.64. The van der Waals surface area contributed by atoms with E-state index in [1.54, 1.807) is 6.07 Å². The smallest absolute Gasteiger partial charge is 0.255 e. The van der Waals surface area contributed by atoms with E-state index in [9.17, 15) is 4.79 Å². The van der Waals surface area contributed by atoms with Crippen molar-refractivity contribution >= 4 is 21.8 Å². The van der Waals surface area contributed by atoms with E-state index in [4.69, 9.17) is 4.42 Å². The van der Waals surface area contributed by atoms with E-state index in [1.165, 1.54) is 6.26 Å². The number of carbonyl (C=O) groups excluding carboxylic acids is 1. The third kappa shape index (κ3) is 3.18. The van der Waals surface area contributed by atoms with Crippen molar-refractivity contribution in [3.8, 4) is 0 Å². The molecule has 0 aliphatic carbocycles. The summed E-state index contributed by atoms with van der Waals surface area (Å²) in [5.41, 5.74) is 0.626. The van der Waals surface area contributed by atoms with Gasteiger partial charge in [-0.15, -0.1) is 0 Å². The quantitative estimate of drug-likeness (QED) is 0.888. The predicted molar refractivity (Wildman–Crippen MR) is 58.2 cm³/mol. The largest absolute Gasteiger partial charge is 0.457 e. The van der Waals surface area contributed by atoms with E-state index < -0.39 is 0 Å². The Kier molecular flexibility index (Phi) is 3.37. The van der Waals surface area contributed by atoms with Crippen LogP contribution in [0.2, 0.25) is 0 Å². The van der Waals surface area contributed by atoms with Crippen LogP contribution in [0.4, 0.5) is 0 Å². The number of hydrogen-bond donors (Lipinski definition) is 1. The first-order chi connectivity index (χ1) is 6.40. The second kappa shape index (κ2) is 4.17. The minimum absolute atomic E-state index is 0.0892. The van der Waals surface area contributed by atoms with Crippen LogP contribution in [0.25, 0.3) is 0 Å². The number of furan rings is 1. The standard InChI is InChI=1S/C10H14BrNO2/c1-10(2,3)6-12-9(13)7-4-5-14-8(7)11/h4-5H,6H2,1-3H3,(H,12,13). The highest BCUT2D eigenvalue weighted by molar-refractivity contribution is 9.10. The monoisotopic (exact) mass is 259 g/mol. The second-order valence-electron chi connectivity index (χ2n) is 4.35. The van der Waals surface area contributed by atoms with Crippen molar-refractivity contribution in [3.05, 3.63) is 22.6 Å². The van der Waals surface area contributed by atoms with Crippen LogP contribution in [0.5, 0.6) is 0 Å². The van der Waals surface area contributed by atoms with Gasteiger partial charge in [0.05, 0.1) is 11.8 Å². The Morgan fingerprint density at radius 3 is 2.64 bits per heavy atom. The van der Waals surface area contributed by atoms with Crippen molar-refractivity contribution in [1.82, 2.24) is 5.32 Å². The maximum atomic E-state index is 11.6. The Morgan fingerprint density at radius 2 is 2.21 bits per heavy atom. The lowest BCUT2D eigenvalue weighted by atomic mass is 9.97. The zero-order chi connectivity index (χ0) is 10.8. The molecule has 1 amide bonds. The first-order valence-electron chi connectivity index (χ1n) is 4.41. The van der Waals surface area contributed by atoms with Gasteiger partial charge in [-0.3, -0.25) is 4.79 Å². The molecule has 0 spiro atoms. The van der Waals surface area contributed by atoms with Crippen LogP contribution in [0.15, 0.2) is 21.4 Å². The van der Waals surface area contributed by atoms with E-state index in [0.29, 0.717) is 16.8 Å². The number of halogens is 1. The molecule has 0 aliphatic rings. The molecule has 1 rings (SSSR count). The lowest BCUT2D eigenvalue weighted by molar-refractivity contribution is 0.0937. The molecule has 4 heteroatoms. The van der Waals surface area contributed by atoms with Gasteiger partial charge < -0.3 is 9.73 Å². The zero-order valence-electron chi connectivity index (χ0n) is 8.56. The fourth-order valence-electron chi connectivity index (χ4n) is 0.896. The summed E-state index contributed by atoms with van der Waals surface area (Å²) in [5, 5.41) is 2.84. The van der Waals surface area contributed by atoms with E-state index >= 15 is 0 Å². The Labute approximate surface area is 92.0 Å². The number of amides is 1. The number of nitrogens with one attached hydrogen (secondary N) is 1. The highest BCUT2D eigenvalue weighted by atomic mass is 79.9. The average molecular weight is 260 g/mol.